The summed E-state index contributed by atoms with van der Waals surface area (Å²) in [6.07, 6.45) is 0. The average molecular weight is 227 g/mol. The predicted octanol–water partition coefficient (Wildman–Crippen LogP) is 1.93. The number of sulfone groups is 1. The Morgan fingerprint density at radius 3 is 2.67 bits per heavy atom. The molecule has 0 aliphatic heterocycles. The summed E-state index contributed by atoms with van der Waals surface area (Å²) in [6, 6.07) is 7.40. The first-order valence-corrected chi connectivity index (χ1v) is 6.39. The number of rotatable bonds is 4. The molecule has 1 aromatic carbocycles. The van der Waals surface area contributed by atoms with Gasteiger partial charge in [-0.15, -0.1) is 0 Å². The van der Waals surface area contributed by atoms with Crippen LogP contribution in [0.15, 0.2) is 23.1 Å². The third-order valence-corrected chi connectivity index (χ3v) is 3.96. The van der Waals surface area contributed by atoms with Crippen LogP contribution in [0.1, 0.15) is 13.8 Å². The maximum absolute atomic E-state index is 11.8. The first-order valence-electron chi connectivity index (χ1n) is 4.74. The minimum Gasteiger partial charge on any atom is -0.496 e. The molecule has 0 unspecified atom stereocenters. The Bertz CT molecular complexity index is 421. The van der Waals surface area contributed by atoms with Crippen LogP contribution in [0, 0.1) is 12.0 Å². The van der Waals surface area contributed by atoms with Crippen molar-refractivity contribution in [2.24, 2.45) is 5.92 Å². The SMILES string of the molecule is COc1[c]ccc(S(=O)(=O)CC(C)C)c1. The van der Waals surface area contributed by atoms with E-state index in [1.807, 2.05) is 13.8 Å². The summed E-state index contributed by atoms with van der Waals surface area (Å²) in [4.78, 5) is 0.298. The Hall–Kier alpha value is -1.03. The monoisotopic (exact) mass is 227 g/mol. The van der Waals surface area contributed by atoms with Crippen LogP contribution in [-0.2, 0) is 9.84 Å². The van der Waals surface area contributed by atoms with Crippen molar-refractivity contribution in [3.05, 3.63) is 24.3 Å². The quantitative estimate of drug-likeness (QED) is 0.789. The Labute approximate surface area is 91.0 Å². The van der Waals surface area contributed by atoms with Crippen LogP contribution in [-0.4, -0.2) is 21.3 Å². The second-order valence-corrected chi connectivity index (χ2v) is 5.80. The molecule has 15 heavy (non-hydrogen) atoms. The molecule has 1 rings (SSSR count). The van der Waals surface area contributed by atoms with Gasteiger partial charge in [-0.3, -0.25) is 0 Å². The normalized spacial score (nSPS) is 11.7. The van der Waals surface area contributed by atoms with Crippen molar-refractivity contribution in [2.45, 2.75) is 18.7 Å². The highest BCUT2D eigenvalue weighted by atomic mass is 32.2. The van der Waals surface area contributed by atoms with Gasteiger partial charge in [0.1, 0.15) is 5.75 Å². The highest BCUT2D eigenvalue weighted by Gasteiger charge is 2.16. The van der Waals surface area contributed by atoms with Crippen molar-refractivity contribution >= 4 is 9.84 Å². The summed E-state index contributed by atoms with van der Waals surface area (Å²) in [5.41, 5.74) is 0. The Morgan fingerprint density at radius 1 is 1.47 bits per heavy atom. The number of ether oxygens (including phenoxy) is 1. The molecule has 1 aromatic rings. The van der Waals surface area contributed by atoms with E-state index in [1.54, 1.807) is 12.1 Å². The maximum Gasteiger partial charge on any atom is 0.178 e. The van der Waals surface area contributed by atoms with Gasteiger partial charge in [-0.05, 0) is 24.1 Å². The van der Waals surface area contributed by atoms with Crippen LogP contribution in [0.5, 0.6) is 5.75 Å². The third-order valence-electron chi connectivity index (χ3n) is 1.88. The Morgan fingerprint density at radius 2 is 2.13 bits per heavy atom. The lowest BCUT2D eigenvalue weighted by Crippen LogP contribution is -2.11. The second-order valence-electron chi connectivity index (χ2n) is 3.77. The number of hydrogen-bond acceptors (Lipinski definition) is 3. The molecule has 83 valence electrons. The Kier molecular flexibility index (Phi) is 3.74. The third kappa shape index (κ3) is 3.23. The van der Waals surface area contributed by atoms with Gasteiger partial charge in [0.25, 0.3) is 0 Å². The summed E-state index contributed by atoms with van der Waals surface area (Å²) in [7, 11) is -1.70. The summed E-state index contributed by atoms with van der Waals surface area (Å²) in [6.45, 7) is 3.76. The van der Waals surface area contributed by atoms with E-state index in [-0.39, 0.29) is 11.7 Å². The highest BCUT2D eigenvalue weighted by molar-refractivity contribution is 7.91. The summed E-state index contributed by atoms with van der Waals surface area (Å²) < 4.78 is 28.6. The molecular formula is C11H15O3S. The Balaban J connectivity index is 3.04. The lowest BCUT2D eigenvalue weighted by molar-refractivity contribution is 0.412. The van der Waals surface area contributed by atoms with Gasteiger partial charge >= 0.3 is 0 Å². The molecule has 0 saturated carbocycles. The molecule has 3 nitrogen and oxygen atoms in total. The van der Waals surface area contributed by atoms with E-state index in [4.69, 9.17) is 4.74 Å². The van der Waals surface area contributed by atoms with Gasteiger partial charge in [0.2, 0.25) is 0 Å². The van der Waals surface area contributed by atoms with E-state index >= 15 is 0 Å². The zero-order chi connectivity index (χ0) is 11.5. The maximum atomic E-state index is 11.8. The van der Waals surface area contributed by atoms with Crippen LogP contribution in [0.4, 0.5) is 0 Å². The fraction of sp³-hybridized carbons (Fsp3) is 0.455. The summed E-state index contributed by atoms with van der Waals surface area (Å²) in [5, 5.41) is 0. The van der Waals surface area contributed by atoms with Crippen LogP contribution >= 0.6 is 0 Å². The molecule has 0 aliphatic carbocycles. The zero-order valence-corrected chi connectivity index (χ0v) is 9.97. The number of hydrogen-bond donors (Lipinski definition) is 0. The molecule has 0 amide bonds. The van der Waals surface area contributed by atoms with Crippen molar-refractivity contribution in [3.8, 4) is 5.75 Å². The number of benzene rings is 1. The van der Waals surface area contributed by atoms with Gasteiger partial charge < -0.3 is 4.74 Å². The van der Waals surface area contributed by atoms with E-state index < -0.39 is 9.84 Å². The van der Waals surface area contributed by atoms with Gasteiger partial charge in [-0.1, -0.05) is 13.8 Å². The molecule has 0 aliphatic rings. The van der Waals surface area contributed by atoms with Crippen LogP contribution < -0.4 is 4.74 Å². The predicted molar refractivity (Wildman–Crippen MR) is 58.7 cm³/mol. The molecule has 0 N–H and O–H groups in total. The fourth-order valence-electron chi connectivity index (χ4n) is 1.27. The largest absolute Gasteiger partial charge is 0.496 e. The minimum atomic E-state index is -3.19. The molecule has 0 aromatic heterocycles. The van der Waals surface area contributed by atoms with E-state index in [1.165, 1.54) is 13.2 Å². The topological polar surface area (TPSA) is 43.4 Å². The molecular weight excluding hydrogens is 212 g/mol. The molecule has 0 spiro atoms. The van der Waals surface area contributed by atoms with Crippen LogP contribution in [0.25, 0.3) is 0 Å². The van der Waals surface area contributed by atoms with Crippen molar-refractivity contribution < 1.29 is 13.2 Å². The molecule has 0 fully saturated rings. The van der Waals surface area contributed by atoms with E-state index in [0.717, 1.165) is 0 Å². The van der Waals surface area contributed by atoms with Gasteiger partial charge in [0, 0.05) is 6.07 Å². The molecule has 0 atom stereocenters. The summed E-state index contributed by atoms with van der Waals surface area (Å²) in [5.74, 6) is 0.713. The molecule has 0 saturated heterocycles. The number of methoxy groups -OCH3 is 1. The van der Waals surface area contributed by atoms with Crippen molar-refractivity contribution in [1.29, 1.82) is 0 Å². The van der Waals surface area contributed by atoms with Crippen molar-refractivity contribution in [2.75, 3.05) is 12.9 Å². The van der Waals surface area contributed by atoms with E-state index in [0.29, 0.717) is 10.6 Å². The van der Waals surface area contributed by atoms with Gasteiger partial charge in [-0.2, -0.15) is 0 Å². The minimum absolute atomic E-state index is 0.116. The van der Waals surface area contributed by atoms with E-state index in [9.17, 15) is 8.42 Å². The highest BCUT2D eigenvalue weighted by Crippen LogP contribution is 2.19. The summed E-state index contributed by atoms with van der Waals surface area (Å²) >= 11 is 0. The average Bonchev–Trinajstić information content (AvgIpc) is 2.16. The lowest BCUT2D eigenvalue weighted by Gasteiger charge is -2.07. The van der Waals surface area contributed by atoms with Crippen LogP contribution in [0.2, 0.25) is 0 Å². The fourth-order valence-corrected chi connectivity index (χ4v) is 2.90. The second kappa shape index (κ2) is 4.66. The van der Waals surface area contributed by atoms with Crippen molar-refractivity contribution in [1.82, 2.24) is 0 Å². The van der Waals surface area contributed by atoms with Gasteiger partial charge in [0.05, 0.1) is 17.8 Å². The first-order chi connectivity index (χ1) is 6.95. The van der Waals surface area contributed by atoms with Gasteiger partial charge in [-0.25, -0.2) is 8.42 Å². The smallest absolute Gasteiger partial charge is 0.178 e. The standard InChI is InChI=1S/C11H15O3S/c1-9(2)8-15(12,13)11-6-4-5-10(7-11)14-3/h4,6-7,9H,8H2,1-3H3. The molecule has 4 heteroatoms. The van der Waals surface area contributed by atoms with E-state index in [2.05, 4.69) is 6.07 Å². The van der Waals surface area contributed by atoms with Crippen molar-refractivity contribution in [3.63, 3.8) is 0 Å². The molecule has 0 heterocycles. The van der Waals surface area contributed by atoms with Gasteiger partial charge in [0.15, 0.2) is 9.84 Å². The first kappa shape index (κ1) is 12.0. The molecule has 1 radical (unpaired) electrons. The molecule has 0 bridgehead atoms. The lowest BCUT2D eigenvalue weighted by atomic mass is 10.3. The zero-order valence-electron chi connectivity index (χ0n) is 9.15. The van der Waals surface area contributed by atoms with Crippen LogP contribution in [0.3, 0.4) is 0 Å².